The number of carbonyl (C=O) groups is 1. The molecule has 0 heterocycles. The predicted octanol–water partition coefficient (Wildman–Crippen LogP) is 2.14. The SMILES string of the molecule is CC(C(=O)O)C(C)C1CCC1. The normalized spacial score (nSPS) is 23.8. The standard InChI is InChI=1S/C9H16O2/c1-6(7(2)9(10)11)8-4-3-5-8/h6-8H,3-5H2,1-2H3,(H,10,11). The predicted molar refractivity (Wildman–Crippen MR) is 43.3 cm³/mol. The molecule has 2 atom stereocenters. The molecule has 2 heteroatoms. The van der Waals surface area contributed by atoms with Gasteiger partial charge < -0.3 is 5.11 Å². The number of hydrogen-bond acceptors (Lipinski definition) is 1. The Morgan fingerprint density at radius 2 is 2.00 bits per heavy atom. The fraction of sp³-hybridized carbons (Fsp3) is 0.889. The van der Waals surface area contributed by atoms with Gasteiger partial charge in [0.2, 0.25) is 0 Å². The Kier molecular flexibility index (Phi) is 2.53. The molecule has 0 aromatic rings. The van der Waals surface area contributed by atoms with Crippen LogP contribution in [0.4, 0.5) is 0 Å². The maximum atomic E-state index is 10.6. The summed E-state index contributed by atoms with van der Waals surface area (Å²) in [5.74, 6) is 0.229. The lowest BCUT2D eigenvalue weighted by Gasteiger charge is -2.33. The third-order valence-electron chi connectivity index (χ3n) is 3.07. The van der Waals surface area contributed by atoms with E-state index in [1.165, 1.54) is 19.3 Å². The van der Waals surface area contributed by atoms with Gasteiger partial charge in [-0.15, -0.1) is 0 Å². The third kappa shape index (κ3) is 1.73. The molecule has 64 valence electrons. The van der Waals surface area contributed by atoms with E-state index in [0.29, 0.717) is 11.8 Å². The van der Waals surface area contributed by atoms with Crippen molar-refractivity contribution in [3.05, 3.63) is 0 Å². The average molecular weight is 156 g/mol. The smallest absolute Gasteiger partial charge is 0.306 e. The Bertz CT molecular complexity index is 150. The van der Waals surface area contributed by atoms with E-state index in [9.17, 15) is 4.79 Å². The first kappa shape index (κ1) is 8.57. The zero-order valence-corrected chi connectivity index (χ0v) is 7.21. The molecule has 0 radical (unpaired) electrons. The van der Waals surface area contributed by atoms with Gasteiger partial charge in [0.25, 0.3) is 0 Å². The molecule has 1 rings (SSSR count). The average Bonchev–Trinajstić information content (AvgIpc) is 1.82. The molecule has 0 aliphatic heterocycles. The second-order valence-electron chi connectivity index (χ2n) is 3.68. The van der Waals surface area contributed by atoms with Gasteiger partial charge in [-0.3, -0.25) is 4.79 Å². The summed E-state index contributed by atoms with van der Waals surface area (Å²) >= 11 is 0. The molecule has 1 fully saturated rings. The number of aliphatic carboxylic acids is 1. The zero-order valence-electron chi connectivity index (χ0n) is 7.21. The lowest BCUT2D eigenvalue weighted by Crippen LogP contribution is -2.29. The lowest BCUT2D eigenvalue weighted by molar-refractivity contribution is -0.143. The summed E-state index contributed by atoms with van der Waals surface area (Å²) in [6.45, 7) is 3.87. The van der Waals surface area contributed by atoms with Crippen LogP contribution in [-0.2, 0) is 4.79 Å². The van der Waals surface area contributed by atoms with E-state index in [4.69, 9.17) is 5.11 Å². The topological polar surface area (TPSA) is 37.3 Å². The Labute approximate surface area is 67.6 Å². The summed E-state index contributed by atoms with van der Waals surface area (Å²) in [7, 11) is 0. The minimum absolute atomic E-state index is 0.166. The van der Waals surface area contributed by atoms with E-state index in [2.05, 4.69) is 6.92 Å². The molecular formula is C9H16O2. The van der Waals surface area contributed by atoms with Crippen LogP contribution in [0.15, 0.2) is 0 Å². The van der Waals surface area contributed by atoms with Gasteiger partial charge in [-0.25, -0.2) is 0 Å². The van der Waals surface area contributed by atoms with Crippen molar-refractivity contribution in [2.75, 3.05) is 0 Å². The van der Waals surface area contributed by atoms with Crippen molar-refractivity contribution in [3.8, 4) is 0 Å². The molecule has 1 saturated carbocycles. The van der Waals surface area contributed by atoms with Gasteiger partial charge in [-0.2, -0.15) is 0 Å². The van der Waals surface area contributed by atoms with Gasteiger partial charge in [0.1, 0.15) is 0 Å². The van der Waals surface area contributed by atoms with Crippen molar-refractivity contribution in [1.29, 1.82) is 0 Å². The first-order valence-corrected chi connectivity index (χ1v) is 4.35. The van der Waals surface area contributed by atoms with E-state index in [-0.39, 0.29) is 5.92 Å². The minimum Gasteiger partial charge on any atom is -0.481 e. The molecule has 0 bridgehead atoms. The number of hydrogen-bond donors (Lipinski definition) is 1. The van der Waals surface area contributed by atoms with Gasteiger partial charge >= 0.3 is 5.97 Å². The van der Waals surface area contributed by atoms with Gasteiger partial charge in [0, 0.05) is 0 Å². The molecule has 2 unspecified atom stereocenters. The largest absolute Gasteiger partial charge is 0.481 e. The van der Waals surface area contributed by atoms with Crippen molar-refractivity contribution >= 4 is 5.97 Å². The lowest BCUT2D eigenvalue weighted by atomic mass is 9.72. The quantitative estimate of drug-likeness (QED) is 0.679. The van der Waals surface area contributed by atoms with Crippen molar-refractivity contribution < 1.29 is 9.90 Å². The molecule has 0 aromatic heterocycles. The highest BCUT2D eigenvalue weighted by Gasteiger charge is 2.30. The van der Waals surface area contributed by atoms with E-state index in [1.54, 1.807) is 0 Å². The fourth-order valence-corrected chi connectivity index (χ4v) is 1.60. The molecule has 11 heavy (non-hydrogen) atoms. The van der Waals surface area contributed by atoms with Crippen LogP contribution < -0.4 is 0 Å². The molecule has 1 aliphatic carbocycles. The highest BCUT2D eigenvalue weighted by atomic mass is 16.4. The molecule has 0 aromatic carbocycles. The highest BCUT2D eigenvalue weighted by molar-refractivity contribution is 5.69. The van der Waals surface area contributed by atoms with E-state index < -0.39 is 5.97 Å². The van der Waals surface area contributed by atoms with Crippen LogP contribution in [0.2, 0.25) is 0 Å². The number of carboxylic acid groups (broad SMARTS) is 1. The van der Waals surface area contributed by atoms with Crippen LogP contribution in [0.3, 0.4) is 0 Å². The van der Waals surface area contributed by atoms with E-state index in [0.717, 1.165) is 0 Å². The summed E-state index contributed by atoms with van der Waals surface area (Å²) in [5.41, 5.74) is 0. The summed E-state index contributed by atoms with van der Waals surface area (Å²) in [6, 6.07) is 0. The zero-order chi connectivity index (χ0) is 8.43. The van der Waals surface area contributed by atoms with Gasteiger partial charge in [-0.05, 0) is 11.8 Å². The number of rotatable bonds is 3. The molecule has 0 spiro atoms. The van der Waals surface area contributed by atoms with Crippen molar-refractivity contribution in [3.63, 3.8) is 0 Å². The summed E-state index contributed by atoms with van der Waals surface area (Å²) in [5, 5.41) is 8.72. The van der Waals surface area contributed by atoms with Crippen LogP contribution in [0.25, 0.3) is 0 Å². The van der Waals surface area contributed by atoms with Crippen molar-refractivity contribution in [2.45, 2.75) is 33.1 Å². The van der Waals surface area contributed by atoms with Crippen molar-refractivity contribution in [2.24, 2.45) is 17.8 Å². The second-order valence-corrected chi connectivity index (χ2v) is 3.68. The third-order valence-corrected chi connectivity index (χ3v) is 3.07. The molecule has 1 N–H and O–H groups in total. The molecular weight excluding hydrogens is 140 g/mol. The van der Waals surface area contributed by atoms with Crippen LogP contribution in [-0.4, -0.2) is 11.1 Å². The Morgan fingerprint density at radius 3 is 2.27 bits per heavy atom. The molecule has 0 saturated heterocycles. The van der Waals surface area contributed by atoms with Crippen LogP contribution >= 0.6 is 0 Å². The van der Waals surface area contributed by atoms with Crippen molar-refractivity contribution in [1.82, 2.24) is 0 Å². The highest BCUT2D eigenvalue weighted by Crippen LogP contribution is 2.36. The van der Waals surface area contributed by atoms with Crippen LogP contribution in [0.5, 0.6) is 0 Å². The fourth-order valence-electron chi connectivity index (χ4n) is 1.60. The second kappa shape index (κ2) is 3.24. The summed E-state index contributed by atoms with van der Waals surface area (Å²) in [6.07, 6.45) is 3.76. The minimum atomic E-state index is -0.649. The van der Waals surface area contributed by atoms with Gasteiger partial charge in [-0.1, -0.05) is 33.1 Å². The van der Waals surface area contributed by atoms with Gasteiger partial charge in [0.05, 0.1) is 5.92 Å². The molecule has 0 amide bonds. The Morgan fingerprint density at radius 1 is 1.45 bits per heavy atom. The summed E-state index contributed by atoms with van der Waals surface area (Å²) < 4.78 is 0. The maximum absolute atomic E-state index is 10.6. The van der Waals surface area contributed by atoms with Gasteiger partial charge in [0.15, 0.2) is 0 Å². The first-order valence-electron chi connectivity index (χ1n) is 4.35. The Balaban J connectivity index is 2.38. The summed E-state index contributed by atoms with van der Waals surface area (Å²) in [4.78, 5) is 10.6. The number of carboxylic acids is 1. The monoisotopic (exact) mass is 156 g/mol. The first-order chi connectivity index (χ1) is 5.13. The molecule has 1 aliphatic rings. The van der Waals surface area contributed by atoms with Crippen LogP contribution in [0.1, 0.15) is 33.1 Å². The van der Waals surface area contributed by atoms with Crippen LogP contribution in [0, 0.1) is 17.8 Å². The van der Waals surface area contributed by atoms with E-state index >= 15 is 0 Å². The van der Waals surface area contributed by atoms with E-state index in [1.807, 2.05) is 6.92 Å². The molecule has 2 nitrogen and oxygen atoms in total. The maximum Gasteiger partial charge on any atom is 0.306 e. The Hall–Kier alpha value is -0.530.